The van der Waals surface area contributed by atoms with Gasteiger partial charge in [0.2, 0.25) is 0 Å². The number of aryl methyl sites for hydroxylation is 1. The number of piperazine rings is 1. The Balaban J connectivity index is 1.24. The summed E-state index contributed by atoms with van der Waals surface area (Å²) >= 11 is 7.61. The lowest BCUT2D eigenvalue weighted by Gasteiger charge is -2.44. The first-order valence-electron chi connectivity index (χ1n) is 16.1. The summed E-state index contributed by atoms with van der Waals surface area (Å²) in [6.07, 6.45) is -2.13. The highest BCUT2D eigenvalue weighted by Crippen LogP contribution is 2.40. The Morgan fingerprint density at radius 2 is 1.86 bits per heavy atom. The van der Waals surface area contributed by atoms with Crippen LogP contribution in [0.4, 0.5) is 19.0 Å². The van der Waals surface area contributed by atoms with Crippen LogP contribution in [0.3, 0.4) is 0 Å². The molecule has 266 valence electrons. The molecule has 6 rings (SSSR count). The first-order valence-corrected chi connectivity index (χ1v) is 17.3. The number of benzene rings is 1. The van der Waals surface area contributed by atoms with Crippen molar-refractivity contribution in [3.8, 4) is 22.9 Å². The molecule has 0 unspecified atom stereocenters. The van der Waals surface area contributed by atoms with Crippen molar-refractivity contribution in [1.29, 1.82) is 5.26 Å². The monoisotopic (exact) mass is 739 g/mol. The molecule has 0 amide bonds. The maximum absolute atomic E-state index is 14.0. The summed E-state index contributed by atoms with van der Waals surface area (Å²) < 4.78 is 47.0. The van der Waals surface area contributed by atoms with Crippen molar-refractivity contribution in [3.63, 3.8) is 0 Å². The molecule has 1 aromatic carbocycles. The lowest BCUT2D eigenvalue weighted by molar-refractivity contribution is -0.141. The quantitative estimate of drug-likeness (QED) is 0.161. The number of nitriles is 1. The first-order chi connectivity index (χ1) is 24.2. The summed E-state index contributed by atoms with van der Waals surface area (Å²) in [5, 5.41) is 22.0. The third kappa shape index (κ3) is 7.35. The van der Waals surface area contributed by atoms with Crippen LogP contribution < -0.4 is 15.2 Å². The largest absolute Gasteiger partial charge is 0.491 e. The number of fused-ring (bicyclic) bond motifs is 2. The van der Waals surface area contributed by atoms with Gasteiger partial charge in [0.05, 0.1) is 39.4 Å². The Labute approximate surface area is 299 Å². The van der Waals surface area contributed by atoms with Gasteiger partial charge in [-0.15, -0.1) is 11.3 Å². The Hall–Kier alpha value is -4.78. The molecule has 4 aromatic heterocycles. The molecule has 0 spiro atoms. The van der Waals surface area contributed by atoms with E-state index in [0.717, 1.165) is 0 Å². The lowest BCUT2D eigenvalue weighted by Crippen LogP contribution is -2.55. The fourth-order valence-electron chi connectivity index (χ4n) is 6.43. The van der Waals surface area contributed by atoms with E-state index in [1.807, 2.05) is 9.80 Å². The number of aromatic carboxylic acids is 1. The molecule has 0 saturated carbocycles. The van der Waals surface area contributed by atoms with E-state index in [1.54, 1.807) is 45.0 Å². The summed E-state index contributed by atoms with van der Waals surface area (Å²) in [5.41, 5.74) is 1.04. The molecule has 0 bridgehead atoms. The van der Waals surface area contributed by atoms with Gasteiger partial charge in [0.15, 0.2) is 0 Å². The molecule has 0 aliphatic carbocycles. The highest BCUT2D eigenvalue weighted by atomic mass is 35.5. The molecule has 5 aromatic rings. The number of anilines is 1. The topological polar surface area (TPSA) is 137 Å². The zero-order valence-corrected chi connectivity index (χ0v) is 29.5. The van der Waals surface area contributed by atoms with E-state index >= 15 is 0 Å². The van der Waals surface area contributed by atoms with E-state index in [9.17, 15) is 33.1 Å². The van der Waals surface area contributed by atoms with Crippen molar-refractivity contribution in [2.75, 3.05) is 37.7 Å². The van der Waals surface area contributed by atoms with E-state index in [4.69, 9.17) is 16.3 Å². The average molecular weight is 740 g/mol. The molecular weight excluding hydrogens is 707 g/mol. The van der Waals surface area contributed by atoms with Crippen LogP contribution in [0.2, 0.25) is 5.02 Å². The molecule has 1 fully saturated rings. The van der Waals surface area contributed by atoms with Crippen LogP contribution in [0.1, 0.15) is 48.4 Å². The SMILES string of the molecule is Cc1nc2cnc(N3CCN(C(C)(C)CCC(F)(F)F)CC3)c(C#N)c2c(=O)n1CCOc1ccc(Cl)cc1-c1ccnc2c(C(=O)O)csc12. The lowest BCUT2D eigenvalue weighted by atomic mass is 9.95. The van der Waals surface area contributed by atoms with Crippen LogP contribution >= 0.6 is 22.9 Å². The van der Waals surface area contributed by atoms with Gasteiger partial charge in [-0.05, 0) is 51.5 Å². The van der Waals surface area contributed by atoms with E-state index in [1.165, 1.54) is 33.7 Å². The molecule has 0 radical (unpaired) electrons. The van der Waals surface area contributed by atoms with Crippen LogP contribution in [0, 0.1) is 18.3 Å². The fraction of sp³-hybridized carbons (Fsp3) is 0.371. The third-order valence-electron chi connectivity index (χ3n) is 9.23. The summed E-state index contributed by atoms with van der Waals surface area (Å²) in [5.74, 6) is 0.112. The second-order valence-corrected chi connectivity index (χ2v) is 14.1. The van der Waals surface area contributed by atoms with Gasteiger partial charge in [-0.1, -0.05) is 11.6 Å². The normalized spacial score (nSPS) is 14.3. The highest BCUT2D eigenvalue weighted by molar-refractivity contribution is 7.18. The molecule has 5 heterocycles. The Morgan fingerprint density at radius 1 is 1.12 bits per heavy atom. The smallest absolute Gasteiger partial charge is 0.389 e. The molecule has 16 heteroatoms. The minimum Gasteiger partial charge on any atom is -0.491 e. The standard InChI is InChI=1S/C35H33ClF3N7O4S/c1-20-43-26-18-42-31(44-10-12-45(13-11-44)34(2,3)7-8-35(37,38)39)24(17-40)28(26)32(47)46(20)14-15-50-27-5-4-21(36)16-23(27)22-6-9-41-29-25(33(48)49)19-51-30(22)29/h4-6,9,16,18-19H,7-8,10-15H2,1-3H3,(H,48,49). The van der Waals surface area contributed by atoms with Gasteiger partial charge in [-0.2, -0.15) is 18.4 Å². The number of nitrogens with zero attached hydrogens (tertiary/aromatic N) is 7. The van der Waals surface area contributed by atoms with Crippen LogP contribution in [0.15, 0.2) is 46.8 Å². The van der Waals surface area contributed by atoms with Gasteiger partial charge in [0, 0.05) is 65.9 Å². The molecule has 1 N–H and O–H groups in total. The number of thiophene rings is 1. The van der Waals surface area contributed by atoms with Gasteiger partial charge in [-0.3, -0.25) is 19.2 Å². The predicted molar refractivity (Wildman–Crippen MR) is 189 cm³/mol. The van der Waals surface area contributed by atoms with Crippen molar-refractivity contribution >= 4 is 55.8 Å². The van der Waals surface area contributed by atoms with Crippen molar-refractivity contribution < 1.29 is 27.8 Å². The minimum absolute atomic E-state index is 0.0301. The van der Waals surface area contributed by atoms with Crippen molar-refractivity contribution in [3.05, 3.63) is 74.4 Å². The van der Waals surface area contributed by atoms with Crippen LogP contribution in [0.25, 0.3) is 32.2 Å². The highest BCUT2D eigenvalue weighted by Gasteiger charge is 2.36. The van der Waals surface area contributed by atoms with Crippen molar-refractivity contribution in [2.45, 2.75) is 51.9 Å². The van der Waals surface area contributed by atoms with Crippen molar-refractivity contribution in [2.24, 2.45) is 0 Å². The number of ether oxygens (including phenoxy) is 1. The van der Waals surface area contributed by atoms with Gasteiger partial charge >= 0.3 is 12.1 Å². The van der Waals surface area contributed by atoms with E-state index < -0.39 is 29.7 Å². The number of carbonyl (C=O) groups is 1. The van der Waals surface area contributed by atoms with Crippen LogP contribution in [0.5, 0.6) is 5.75 Å². The summed E-state index contributed by atoms with van der Waals surface area (Å²) in [6, 6.07) is 9.01. The number of carboxylic acids is 1. The van der Waals surface area contributed by atoms with Crippen molar-refractivity contribution in [1.82, 2.24) is 24.4 Å². The zero-order chi connectivity index (χ0) is 36.7. The molecular formula is C35H33ClF3N7O4S. The minimum atomic E-state index is -4.23. The Kier molecular flexibility index (Phi) is 9.95. The summed E-state index contributed by atoms with van der Waals surface area (Å²) in [4.78, 5) is 42.9. The van der Waals surface area contributed by atoms with E-state index in [0.29, 0.717) is 69.9 Å². The van der Waals surface area contributed by atoms with E-state index in [2.05, 4.69) is 21.0 Å². The molecule has 1 aliphatic heterocycles. The van der Waals surface area contributed by atoms with Gasteiger partial charge in [0.1, 0.15) is 35.6 Å². The number of carboxylic acid groups (broad SMARTS) is 1. The maximum atomic E-state index is 14.0. The predicted octanol–water partition coefficient (Wildman–Crippen LogP) is 6.92. The second-order valence-electron chi connectivity index (χ2n) is 12.8. The second kappa shape index (κ2) is 14.1. The molecule has 1 aliphatic rings. The van der Waals surface area contributed by atoms with Gasteiger partial charge in [0.25, 0.3) is 5.56 Å². The van der Waals surface area contributed by atoms with Crippen LogP contribution in [-0.4, -0.2) is 80.0 Å². The van der Waals surface area contributed by atoms with Crippen LogP contribution in [-0.2, 0) is 6.54 Å². The maximum Gasteiger partial charge on any atom is 0.389 e. The van der Waals surface area contributed by atoms with Gasteiger partial charge < -0.3 is 14.7 Å². The van der Waals surface area contributed by atoms with Gasteiger partial charge in [-0.25, -0.2) is 14.8 Å². The molecule has 51 heavy (non-hydrogen) atoms. The first kappa shape index (κ1) is 36.0. The number of aromatic nitrogens is 4. The zero-order valence-electron chi connectivity index (χ0n) is 27.9. The number of pyridine rings is 2. The fourth-order valence-corrected chi connectivity index (χ4v) is 7.63. The Morgan fingerprint density at radius 3 is 2.55 bits per heavy atom. The van der Waals surface area contributed by atoms with E-state index in [-0.39, 0.29) is 41.6 Å². The number of hydrogen-bond acceptors (Lipinski definition) is 10. The molecule has 0 atom stereocenters. The number of hydrogen-bond donors (Lipinski definition) is 1. The number of alkyl halides is 3. The molecule has 11 nitrogen and oxygen atoms in total. The summed E-state index contributed by atoms with van der Waals surface area (Å²) in [7, 11) is 0. The number of halogens is 4. The number of rotatable bonds is 10. The Bertz CT molecular complexity index is 2240. The summed E-state index contributed by atoms with van der Waals surface area (Å²) in [6.45, 7) is 7.19. The molecule has 1 saturated heterocycles. The third-order valence-corrected chi connectivity index (χ3v) is 10.5. The average Bonchev–Trinajstić information content (AvgIpc) is 3.54.